The number of halogens is 1. The molecule has 1 atom stereocenters. The molecular weight excluding hydrogens is 331 g/mol. The van der Waals surface area contributed by atoms with Gasteiger partial charge in [0.25, 0.3) is 0 Å². The van der Waals surface area contributed by atoms with Crippen LogP contribution in [0.15, 0.2) is 24.3 Å². The van der Waals surface area contributed by atoms with Gasteiger partial charge in [0.05, 0.1) is 5.75 Å². The number of nitrogens with one attached hydrogen (secondary N) is 1. The predicted octanol–water partition coefficient (Wildman–Crippen LogP) is 2.22. The molecule has 2 amide bonds. The molecule has 24 heavy (non-hydrogen) atoms. The number of sulfone groups is 1. The fourth-order valence-electron chi connectivity index (χ4n) is 3.14. The Balaban J connectivity index is 1.78. The molecule has 2 rings (SSSR count). The lowest BCUT2D eigenvalue weighted by Gasteiger charge is -2.33. The first-order valence-corrected chi connectivity index (χ1v) is 10.3. The minimum absolute atomic E-state index is 0.0607. The number of amides is 2. The van der Waals surface area contributed by atoms with E-state index in [-0.39, 0.29) is 17.6 Å². The number of urea groups is 1. The molecule has 1 aromatic carbocycles. The van der Waals surface area contributed by atoms with Crippen molar-refractivity contribution < 1.29 is 17.6 Å². The van der Waals surface area contributed by atoms with Gasteiger partial charge in [0.15, 0.2) is 0 Å². The highest BCUT2D eigenvalue weighted by Gasteiger charge is 2.24. The monoisotopic (exact) mass is 356 g/mol. The van der Waals surface area contributed by atoms with Gasteiger partial charge in [0, 0.05) is 25.4 Å². The van der Waals surface area contributed by atoms with E-state index in [1.807, 2.05) is 6.07 Å². The fraction of sp³-hybridized carbons (Fsp3) is 0.588. The molecule has 7 heteroatoms. The second kappa shape index (κ2) is 7.96. The van der Waals surface area contributed by atoms with Crippen molar-refractivity contribution in [3.8, 4) is 0 Å². The van der Waals surface area contributed by atoms with E-state index >= 15 is 0 Å². The van der Waals surface area contributed by atoms with E-state index < -0.39 is 15.9 Å². The van der Waals surface area contributed by atoms with Crippen LogP contribution in [0.2, 0.25) is 0 Å². The summed E-state index contributed by atoms with van der Waals surface area (Å²) in [5.74, 6) is 0.155. The zero-order valence-corrected chi connectivity index (χ0v) is 15.0. The quantitative estimate of drug-likeness (QED) is 0.880. The molecule has 1 unspecified atom stereocenters. The summed E-state index contributed by atoms with van der Waals surface area (Å²) in [5, 5.41) is 2.74. The van der Waals surface area contributed by atoms with Gasteiger partial charge in [-0.15, -0.1) is 0 Å². The molecule has 0 aromatic heterocycles. The van der Waals surface area contributed by atoms with Gasteiger partial charge in [0.1, 0.15) is 15.7 Å². The summed E-state index contributed by atoms with van der Waals surface area (Å²) in [4.78, 5) is 13.9. The third-order valence-electron chi connectivity index (χ3n) is 4.24. The number of nitrogens with zero attached hydrogens (tertiary/aromatic N) is 1. The Labute approximate surface area is 143 Å². The summed E-state index contributed by atoms with van der Waals surface area (Å²) in [5.41, 5.74) is 0.986. The van der Waals surface area contributed by atoms with E-state index in [1.165, 1.54) is 6.07 Å². The smallest absolute Gasteiger partial charge is 0.317 e. The van der Waals surface area contributed by atoms with Crippen LogP contribution >= 0.6 is 0 Å². The number of piperidine rings is 1. The fourth-order valence-corrected chi connectivity index (χ4v) is 4.13. The van der Waals surface area contributed by atoms with Crippen molar-refractivity contribution in [1.82, 2.24) is 10.2 Å². The first-order chi connectivity index (χ1) is 11.2. The molecule has 0 spiro atoms. The van der Waals surface area contributed by atoms with Gasteiger partial charge in [-0.3, -0.25) is 0 Å². The normalized spacial score (nSPS) is 17.5. The Bertz CT molecular complexity index is 670. The first kappa shape index (κ1) is 18.7. The van der Waals surface area contributed by atoms with Gasteiger partial charge < -0.3 is 10.2 Å². The maximum atomic E-state index is 13.2. The molecule has 1 heterocycles. The maximum Gasteiger partial charge on any atom is 0.317 e. The summed E-state index contributed by atoms with van der Waals surface area (Å²) in [6.07, 6.45) is 3.71. The Kier molecular flexibility index (Phi) is 6.21. The van der Waals surface area contributed by atoms with Crippen molar-refractivity contribution in [3.05, 3.63) is 35.6 Å². The largest absolute Gasteiger partial charge is 0.335 e. The topological polar surface area (TPSA) is 66.5 Å². The van der Waals surface area contributed by atoms with Gasteiger partial charge in [0.2, 0.25) is 0 Å². The molecule has 0 saturated carbocycles. The Morgan fingerprint density at radius 3 is 2.62 bits per heavy atom. The molecule has 1 aliphatic rings. The van der Waals surface area contributed by atoms with Crippen molar-refractivity contribution in [3.63, 3.8) is 0 Å². The molecular formula is C17H25FN2O3S. The van der Waals surface area contributed by atoms with Crippen molar-refractivity contribution in [2.75, 3.05) is 25.1 Å². The van der Waals surface area contributed by atoms with Crippen LogP contribution in [0, 0.1) is 11.7 Å². The van der Waals surface area contributed by atoms with Gasteiger partial charge in [-0.05, 0) is 49.8 Å². The van der Waals surface area contributed by atoms with Crippen LogP contribution in [0.3, 0.4) is 0 Å². The first-order valence-electron chi connectivity index (χ1n) is 8.20. The van der Waals surface area contributed by atoms with Crippen molar-refractivity contribution in [2.24, 2.45) is 5.92 Å². The summed E-state index contributed by atoms with van der Waals surface area (Å²) in [6.45, 7) is 2.96. The lowest BCUT2D eigenvalue weighted by atomic mass is 9.90. The van der Waals surface area contributed by atoms with Crippen LogP contribution in [0.4, 0.5) is 9.18 Å². The Hall–Kier alpha value is -1.63. The van der Waals surface area contributed by atoms with Gasteiger partial charge in [-0.25, -0.2) is 17.6 Å². The molecule has 1 aromatic rings. The molecule has 0 bridgehead atoms. The SMILES string of the molecule is CC(CS(C)(=O)=O)NC(=O)N1CCC(Cc2cccc(F)c2)CC1. The van der Waals surface area contributed by atoms with E-state index in [0.29, 0.717) is 19.0 Å². The zero-order valence-electron chi connectivity index (χ0n) is 14.2. The predicted molar refractivity (Wildman–Crippen MR) is 92.1 cm³/mol. The number of hydrogen-bond acceptors (Lipinski definition) is 3. The average molecular weight is 356 g/mol. The summed E-state index contributed by atoms with van der Waals surface area (Å²) >= 11 is 0. The number of carbonyl (C=O) groups is 1. The lowest BCUT2D eigenvalue weighted by molar-refractivity contribution is 0.168. The molecule has 1 saturated heterocycles. The van der Waals surface area contributed by atoms with Crippen LogP contribution in [0.25, 0.3) is 0 Å². The van der Waals surface area contributed by atoms with Crippen LogP contribution in [0.1, 0.15) is 25.3 Å². The van der Waals surface area contributed by atoms with Crippen LogP contribution in [-0.2, 0) is 16.3 Å². The van der Waals surface area contributed by atoms with E-state index in [0.717, 1.165) is 31.1 Å². The second-order valence-electron chi connectivity index (χ2n) is 6.71. The highest BCUT2D eigenvalue weighted by atomic mass is 32.2. The van der Waals surface area contributed by atoms with Gasteiger partial charge >= 0.3 is 6.03 Å². The van der Waals surface area contributed by atoms with Crippen LogP contribution in [0.5, 0.6) is 0 Å². The van der Waals surface area contributed by atoms with E-state index in [9.17, 15) is 17.6 Å². The van der Waals surface area contributed by atoms with Crippen molar-refractivity contribution in [1.29, 1.82) is 0 Å². The summed E-state index contributed by atoms with van der Waals surface area (Å²) in [7, 11) is -3.11. The molecule has 0 radical (unpaired) electrons. The van der Waals surface area contributed by atoms with Crippen LogP contribution < -0.4 is 5.32 Å². The third-order valence-corrected chi connectivity index (χ3v) is 5.34. The number of carbonyl (C=O) groups excluding carboxylic acids is 1. The minimum atomic E-state index is -3.11. The zero-order chi connectivity index (χ0) is 17.7. The highest BCUT2D eigenvalue weighted by Crippen LogP contribution is 2.22. The number of likely N-dealkylation sites (tertiary alicyclic amines) is 1. The molecule has 5 nitrogen and oxygen atoms in total. The number of benzene rings is 1. The number of rotatable bonds is 5. The molecule has 134 valence electrons. The summed E-state index contributed by atoms with van der Waals surface area (Å²) in [6, 6.07) is 6.03. The molecule has 1 fully saturated rings. The van der Waals surface area contributed by atoms with Gasteiger partial charge in [-0.2, -0.15) is 0 Å². The van der Waals surface area contributed by atoms with E-state index in [4.69, 9.17) is 0 Å². The van der Waals surface area contributed by atoms with E-state index in [2.05, 4.69) is 5.32 Å². The van der Waals surface area contributed by atoms with Crippen LogP contribution in [-0.4, -0.2) is 50.5 Å². The maximum absolute atomic E-state index is 13.2. The average Bonchev–Trinajstić information content (AvgIpc) is 2.45. The minimum Gasteiger partial charge on any atom is -0.335 e. The molecule has 1 aliphatic heterocycles. The van der Waals surface area contributed by atoms with Gasteiger partial charge in [-0.1, -0.05) is 12.1 Å². The Morgan fingerprint density at radius 2 is 2.04 bits per heavy atom. The lowest BCUT2D eigenvalue weighted by Crippen LogP contribution is -2.48. The third kappa shape index (κ3) is 6.11. The van der Waals surface area contributed by atoms with E-state index in [1.54, 1.807) is 24.0 Å². The van der Waals surface area contributed by atoms with Crippen molar-refractivity contribution >= 4 is 15.9 Å². The Morgan fingerprint density at radius 1 is 1.38 bits per heavy atom. The molecule has 0 aliphatic carbocycles. The summed E-state index contributed by atoms with van der Waals surface area (Å²) < 4.78 is 35.7. The highest BCUT2D eigenvalue weighted by molar-refractivity contribution is 7.90. The second-order valence-corrected chi connectivity index (χ2v) is 8.89. The van der Waals surface area contributed by atoms with Crippen molar-refractivity contribution in [2.45, 2.75) is 32.2 Å². The standard InChI is InChI=1S/C17H25FN2O3S/c1-13(12-24(2,22)23)19-17(21)20-8-6-14(7-9-20)10-15-4-3-5-16(18)11-15/h3-5,11,13-14H,6-10,12H2,1-2H3,(H,19,21). The number of hydrogen-bond donors (Lipinski definition) is 1. The molecule has 1 N–H and O–H groups in total.